The summed E-state index contributed by atoms with van der Waals surface area (Å²) in [4.78, 5) is 19.5. The molecule has 6 heteroatoms. The Balaban J connectivity index is 1.34. The SMILES string of the molecule is O=C(CCCCCCCNOC1CCCCO1)N1CCNCC1. The van der Waals surface area contributed by atoms with E-state index in [1.165, 1.54) is 19.3 Å². The first-order chi connectivity index (χ1) is 11.4. The minimum absolute atomic E-state index is 0.0558. The van der Waals surface area contributed by atoms with Crippen LogP contribution in [0.1, 0.15) is 57.8 Å². The average molecular weight is 327 g/mol. The lowest BCUT2D eigenvalue weighted by molar-refractivity contribution is -0.196. The minimum atomic E-state index is -0.0558. The molecule has 6 nitrogen and oxygen atoms in total. The van der Waals surface area contributed by atoms with Crippen molar-refractivity contribution in [2.75, 3.05) is 39.3 Å². The van der Waals surface area contributed by atoms with E-state index in [1.807, 2.05) is 4.90 Å². The largest absolute Gasteiger partial charge is 0.351 e. The van der Waals surface area contributed by atoms with E-state index >= 15 is 0 Å². The molecule has 0 saturated carbocycles. The van der Waals surface area contributed by atoms with Crippen molar-refractivity contribution in [3.05, 3.63) is 0 Å². The van der Waals surface area contributed by atoms with Crippen molar-refractivity contribution >= 4 is 5.91 Å². The Hall–Kier alpha value is -0.690. The zero-order valence-electron chi connectivity index (χ0n) is 14.4. The summed E-state index contributed by atoms with van der Waals surface area (Å²) in [5.41, 5.74) is 3.02. The normalized spacial score (nSPS) is 22.3. The van der Waals surface area contributed by atoms with Gasteiger partial charge in [0.15, 0.2) is 6.29 Å². The summed E-state index contributed by atoms with van der Waals surface area (Å²) in [5.74, 6) is 0.328. The molecule has 2 heterocycles. The second-order valence-corrected chi connectivity index (χ2v) is 6.46. The van der Waals surface area contributed by atoms with Crippen LogP contribution in [0.25, 0.3) is 0 Å². The molecule has 0 radical (unpaired) electrons. The summed E-state index contributed by atoms with van der Waals surface area (Å²) in [6.07, 6.45) is 9.63. The lowest BCUT2D eigenvalue weighted by Crippen LogP contribution is -2.46. The van der Waals surface area contributed by atoms with E-state index in [2.05, 4.69) is 10.8 Å². The number of carbonyl (C=O) groups is 1. The predicted molar refractivity (Wildman–Crippen MR) is 89.8 cm³/mol. The highest BCUT2D eigenvalue weighted by atomic mass is 16.8. The number of nitrogens with one attached hydrogen (secondary N) is 2. The van der Waals surface area contributed by atoms with Crippen molar-refractivity contribution in [3.8, 4) is 0 Å². The highest BCUT2D eigenvalue weighted by Crippen LogP contribution is 2.12. The van der Waals surface area contributed by atoms with Crippen LogP contribution < -0.4 is 10.8 Å². The zero-order chi connectivity index (χ0) is 16.2. The monoisotopic (exact) mass is 327 g/mol. The highest BCUT2D eigenvalue weighted by Gasteiger charge is 2.15. The van der Waals surface area contributed by atoms with E-state index in [0.29, 0.717) is 12.3 Å². The van der Waals surface area contributed by atoms with Crippen LogP contribution in [0.5, 0.6) is 0 Å². The van der Waals surface area contributed by atoms with Crippen LogP contribution in [0.3, 0.4) is 0 Å². The summed E-state index contributed by atoms with van der Waals surface area (Å²) < 4.78 is 5.49. The number of unbranched alkanes of at least 4 members (excludes halogenated alkanes) is 4. The van der Waals surface area contributed by atoms with E-state index in [0.717, 1.165) is 71.4 Å². The van der Waals surface area contributed by atoms with Gasteiger partial charge in [0, 0.05) is 52.2 Å². The lowest BCUT2D eigenvalue weighted by atomic mass is 10.1. The van der Waals surface area contributed by atoms with Gasteiger partial charge in [-0.2, -0.15) is 5.48 Å². The van der Waals surface area contributed by atoms with Gasteiger partial charge in [0.25, 0.3) is 0 Å². The van der Waals surface area contributed by atoms with Gasteiger partial charge in [0.2, 0.25) is 5.91 Å². The summed E-state index contributed by atoms with van der Waals surface area (Å²) in [6, 6.07) is 0. The molecule has 2 fully saturated rings. The quantitative estimate of drug-likeness (QED) is 0.473. The van der Waals surface area contributed by atoms with E-state index in [-0.39, 0.29) is 6.29 Å². The van der Waals surface area contributed by atoms with Gasteiger partial charge in [0.05, 0.1) is 0 Å². The Labute approximate surface area is 140 Å². The Kier molecular flexibility index (Phi) is 9.55. The van der Waals surface area contributed by atoms with Gasteiger partial charge in [-0.3, -0.25) is 9.63 Å². The first-order valence-corrected chi connectivity index (χ1v) is 9.35. The third-order valence-corrected chi connectivity index (χ3v) is 4.49. The maximum Gasteiger partial charge on any atom is 0.222 e. The molecule has 134 valence electrons. The van der Waals surface area contributed by atoms with Gasteiger partial charge in [0.1, 0.15) is 0 Å². The Morgan fingerprint density at radius 1 is 1.13 bits per heavy atom. The standard InChI is InChI=1S/C17H33N3O3/c21-16(20-13-11-18-12-14-20)8-4-2-1-3-6-10-19-23-17-9-5-7-15-22-17/h17-19H,1-15H2. The Bertz CT molecular complexity index is 316. The smallest absolute Gasteiger partial charge is 0.222 e. The van der Waals surface area contributed by atoms with Crippen LogP contribution in [0, 0.1) is 0 Å². The molecule has 0 bridgehead atoms. The van der Waals surface area contributed by atoms with Crippen LogP contribution in [0.2, 0.25) is 0 Å². The van der Waals surface area contributed by atoms with Gasteiger partial charge in [-0.1, -0.05) is 19.3 Å². The molecule has 0 aromatic rings. The first kappa shape index (κ1) is 18.6. The number of hydrogen-bond acceptors (Lipinski definition) is 5. The fourth-order valence-corrected chi connectivity index (χ4v) is 3.03. The molecule has 2 rings (SSSR count). The fourth-order valence-electron chi connectivity index (χ4n) is 3.03. The van der Waals surface area contributed by atoms with E-state index in [1.54, 1.807) is 0 Å². The van der Waals surface area contributed by atoms with Crippen molar-refractivity contribution in [2.45, 2.75) is 64.1 Å². The molecule has 0 spiro atoms. The van der Waals surface area contributed by atoms with Crippen LogP contribution in [-0.4, -0.2) is 56.4 Å². The third-order valence-electron chi connectivity index (χ3n) is 4.49. The summed E-state index contributed by atoms with van der Waals surface area (Å²) in [5, 5.41) is 3.27. The van der Waals surface area contributed by atoms with Crippen molar-refractivity contribution in [3.63, 3.8) is 0 Å². The number of nitrogens with zero attached hydrogens (tertiary/aromatic N) is 1. The number of amides is 1. The van der Waals surface area contributed by atoms with Gasteiger partial charge in [-0.15, -0.1) is 0 Å². The molecule has 0 aliphatic carbocycles. The number of piperazine rings is 1. The minimum Gasteiger partial charge on any atom is -0.351 e. The Morgan fingerprint density at radius 3 is 2.70 bits per heavy atom. The average Bonchev–Trinajstić information content (AvgIpc) is 2.61. The van der Waals surface area contributed by atoms with Crippen molar-refractivity contribution in [1.82, 2.24) is 15.7 Å². The summed E-state index contributed by atoms with van der Waals surface area (Å²) in [6.45, 7) is 5.31. The van der Waals surface area contributed by atoms with E-state index in [4.69, 9.17) is 9.57 Å². The third kappa shape index (κ3) is 8.11. The molecule has 1 amide bonds. The molecule has 2 saturated heterocycles. The number of hydrogen-bond donors (Lipinski definition) is 2. The van der Waals surface area contributed by atoms with Crippen molar-refractivity contribution < 1.29 is 14.4 Å². The van der Waals surface area contributed by atoms with Crippen LogP contribution in [-0.2, 0) is 14.4 Å². The fraction of sp³-hybridized carbons (Fsp3) is 0.941. The molecule has 2 aliphatic heterocycles. The maximum absolute atomic E-state index is 12.0. The van der Waals surface area contributed by atoms with Crippen molar-refractivity contribution in [2.24, 2.45) is 0 Å². The molecule has 23 heavy (non-hydrogen) atoms. The van der Waals surface area contributed by atoms with Gasteiger partial charge < -0.3 is 15.0 Å². The number of carbonyl (C=O) groups excluding carboxylic acids is 1. The molecular formula is C17H33N3O3. The Morgan fingerprint density at radius 2 is 1.91 bits per heavy atom. The van der Waals surface area contributed by atoms with Crippen molar-refractivity contribution in [1.29, 1.82) is 0 Å². The molecule has 1 atom stereocenters. The molecular weight excluding hydrogens is 294 g/mol. The first-order valence-electron chi connectivity index (χ1n) is 9.35. The zero-order valence-corrected chi connectivity index (χ0v) is 14.4. The van der Waals surface area contributed by atoms with Crippen LogP contribution >= 0.6 is 0 Å². The number of ether oxygens (including phenoxy) is 1. The molecule has 2 aliphatic rings. The van der Waals surface area contributed by atoms with Gasteiger partial charge in [-0.25, -0.2) is 0 Å². The van der Waals surface area contributed by atoms with Gasteiger partial charge >= 0.3 is 0 Å². The topological polar surface area (TPSA) is 62.8 Å². The molecule has 0 aromatic heterocycles. The van der Waals surface area contributed by atoms with E-state index in [9.17, 15) is 4.79 Å². The van der Waals surface area contributed by atoms with Crippen LogP contribution in [0.15, 0.2) is 0 Å². The number of hydroxylamine groups is 1. The second-order valence-electron chi connectivity index (χ2n) is 6.46. The number of rotatable bonds is 10. The summed E-state index contributed by atoms with van der Waals surface area (Å²) >= 11 is 0. The van der Waals surface area contributed by atoms with Crippen LogP contribution in [0.4, 0.5) is 0 Å². The molecule has 2 N–H and O–H groups in total. The molecule has 1 unspecified atom stereocenters. The van der Waals surface area contributed by atoms with Gasteiger partial charge in [-0.05, 0) is 25.7 Å². The maximum atomic E-state index is 12.0. The predicted octanol–water partition coefficient (Wildman–Crippen LogP) is 1.81. The lowest BCUT2D eigenvalue weighted by Gasteiger charge is -2.27. The molecule has 0 aromatic carbocycles. The van der Waals surface area contributed by atoms with E-state index < -0.39 is 0 Å². The second kappa shape index (κ2) is 11.8. The summed E-state index contributed by atoms with van der Waals surface area (Å²) in [7, 11) is 0. The highest BCUT2D eigenvalue weighted by molar-refractivity contribution is 5.76.